The van der Waals surface area contributed by atoms with Crippen LogP contribution in [0.3, 0.4) is 0 Å². The topological polar surface area (TPSA) is 62.2 Å². The number of pyridine rings is 1. The maximum Gasteiger partial charge on any atom is 0.219 e. The van der Waals surface area contributed by atoms with Gasteiger partial charge in [-0.15, -0.1) is 0 Å². The van der Waals surface area contributed by atoms with Crippen molar-refractivity contribution in [3.05, 3.63) is 53.3 Å². The number of aromatic nitrogens is 3. The quantitative estimate of drug-likeness (QED) is 0.806. The van der Waals surface area contributed by atoms with Crippen LogP contribution in [-0.4, -0.2) is 49.8 Å². The van der Waals surface area contributed by atoms with Gasteiger partial charge < -0.3 is 4.90 Å². The van der Waals surface area contributed by atoms with Gasteiger partial charge in [-0.05, 0) is 37.4 Å². The molecule has 7 heteroatoms. The Hall–Kier alpha value is -2.05. The highest BCUT2D eigenvalue weighted by Crippen LogP contribution is 2.22. The van der Waals surface area contributed by atoms with Crippen molar-refractivity contribution in [3.8, 4) is 0 Å². The summed E-state index contributed by atoms with van der Waals surface area (Å²) in [4.78, 5) is 28.7. The lowest BCUT2D eigenvalue weighted by Crippen LogP contribution is -2.39. The van der Waals surface area contributed by atoms with Gasteiger partial charge in [0.25, 0.3) is 0 Å². The molecule has 0 aliphatic carbocycles. The Balaban J connectivity index is 1.62. The van der Waals surface area contributed by atoms with Gasteiger partial charge in [-0.1, -0.05) is 11.6 Å². The van der Waals surface area contributed by atoms with E-state index >= 15 is 0 Å². The average Bonchev–Trinajstić information content (AvgIpc) is 2.88. The van der Waals surface area contributed by atoms with E-state index in [9.17, 15) is 4.79 Å². The minimum atomic E-state index is 0.101. The van der Waals surface area contributed by atoms with Crippen LogP contribution >= 0.6 is 11.6 Å². The summed E-state index contributed by atoms with van der Waals surface area (Å²) in [6, 6.07) is 2.22. The fourth-order valence-corrected chi connectivity index (χ4v) is 3.67. The number of carbonyl (C=O) groups is 1. The Morgan fingerprint density at radius 2 is 2.04 bits per heavy atom. The highest BCUT2D eigenvalue weighted by Gasteiger charge is 2.25. The van der Waals surface area contributed by atoms with Crippen LogP contribution in [0.1, 0.15) is 37.3 Å². The molecule has 3 rings (SSSR count). The Kier molecular flexibility index (Phi) is 6.52. The minimum absolute atomic E-state index is 0.101. The second-order valence-electron chi connectivity index (χ2n) is 6.72. The summed E-state index contributed by atoms with van der Waals surface area (Å²) in [5, 5.41) is 0.711. The van der Waals surface area contributed by atoms with Crippen LogP contribution in [0.25, 0.3) is 0 Å². The van der Waals surface area contributed by atoms with Gasteiger partial charge in [0.2, 0.25) is 5.91 Å². The highest BCUT2D eigenvalue weighted by atomic mass is 35.5. The van der Waals surface area contributed by atoms with Crippen molar-refractivity contribution in [1.82, 2.24) is 24.8 Å². The van der Waals surface area contributed by atoms with E-state index in [2.05, 4.69) is 19.9 Å². The zero-order valence-corrected chi connectivity index (χ0v) is 15.8. The molecule has 1 saturated heterocycles. The van der Waals surface area contributed by atoms with E-state index in [4.69, 9.17) is 11.6 Å². The van der Waals surface area contributed by atoms with Gasteiger partial charge in [0.05, 0.1) is 5.02 Å². The SMILES string of the molecule is CC(=O)N(Cc1cncnc1)C1CCCN(Cc2ccncc2Cl)CC1. The van der Waals surface area contributed by atoms with Crippen LogP contribution in [0.15, 0.2) is 37.2 Å². The molecule has 1 atom stereocenters. The average molecular weight is 374 g/mol. The lowest BCUT2D eigenvalue weighted by molar-refractivity contribution is -0.132. The second-order valence-corrected chi connectivity index (χ2v) is 7.13. The Labute approximate surface area is 159 Å². The Bertz CT molecular complexity index is 727. The molecule has 1 fully saturated rings. The first-order valence-corrected chi connectivity index (χ1v) is 9.33. The molecule has 0 bridgehead atoms. The third-order valence-electron chi connectivity index (χ3n) is 4.85. The van der Waals surface area contributed by atoms with Crippen molar-refractivity contribution in [2.24, 2.45) is 0 Å². The largest absolute Gasteiger partial charge is 0.335 e. The summed E-state index contributed by atoms with van der Waals surface area (Å²) in [6.45, 7) is 4.98. The number of likely N-dealkylation sites (tertiary alicyclic amines) is 1. The number of carbonyl (C=O) groups excluding carboxylic acids is 1. The maximum atomic E-state index is 12.2. The van der Waals surface area contributed by atoms with E-state index in [1.54, 1.807) is 31.7 Å². The first kappa shape index (κ1) is 18.7. The van der Waals surface area contributed by atoms with Crippen LogP contribution < -0.4 is 0 Å². The second kappa shape index (κ2) is 9.05. The zero-order valence-electron chi connectivity index (χ0n) is 15.0. The summed E-state index contributed by atoms with van der Waals surface area (Å²) in [5.74, 6) is 0.101. The molecule has 0 radical (unpaired) electrons. The van der Waals surface area contributed by atoms with Crippen LogP contribution in [0.4, 0.5) is 0 Å². The lowest BCUT2D eigenvalue weighted by atomic mass is 10.1. The van der Waals surface area contributed by atoms with Gasteiger partial charge in [-0.25, -0.2) is 9.97 Å². The molecule has 0 spiro atoms. The van der Waals surface area contributed by atoms with E-state index in [0.717, 1.165) is 50.0 Å². The lowest BCUT2D eigenvalue weighted by Gasteiger charge is -2.30. The molecule has 2 aromatic heterocycles. The summed E-state index contributed by atoms with van der Waals surface area (Å²) in [6.07, 6.45) is 11.6. The van der Waals surface area contributed by atoms with Crippen molar-refractivity contribution >= 4 is 17.5 Å². The number of rotatable bonds is 5. The van der Waals surface area contributed by atoms with E-state index in [1.807, 2.05) is 11.0 Å². The van der Waals surface area contributed by atoms with E-state index < -0.39 is 0 Å². The zero-order chi connectivity index (χ0) is 18.4. The van der Waals surface area contributed by atoms with Crippen LogP contribution in [0.5, 0.6) is 0 Å². The first-order valence-electron chi connectivity index (χ1n) is 8.95. The number of nitrogens with zero attached hydrogens (tertiary/aromatic N) is 5. The smallest absolute Gasteiger partial charge is 0.219 e. The van der Waals surface area contributed by atoms with Gasteiger partial charge >= 0.3 is 0 Å². The minimum Gasteiger partial charge on any atom is -0.335 e. The number of hydrogen-bond acceptors (Lipinski definition) is 5. The van der Waals surface area contributed by atoms with E-state index in [1.165, 1.54) is 6.33 Å². The summed E-state index contributed by atoms with van der Waals surface area (Å²) < 4.78 is 0. The molecule has 26 heavy (non-hydrogen) atoms. The fraction of sp³-hybridized carbons (Fsp3) is 0.474. The molecular weight excluding hydrogens is 350 g/mol. The third kappa shape index (κ3) is 4.99. The molecule has 0 N–H and O–H groups in total. The molecule has 1 amide bonds. The molecule has 6 nitrogen and oxygen atoms in total. The monoisotopic (exact) mass is 373 g/mol. The Morgan fingerprint density at radius 1 is 1.23 bits per heavy atom. The van der Waals surface area contributed by atoms with E-state index in [0.29, 0.717) is 11.6 Å². The van der Waals surface area contributed by atoms with Crippen molar-refractivity contribution < 1.29 is 4.79 Å². The van der Waals surface area contributed by atoms with Gasteiger partial charge in [0.1, 0.15) is 6.33 Å². The molecule has 138 valence electrons. The molecule has 1 unspecified atom stereocenters. The Morgan fingerprint density at radius 3 is 2.77 bits per heavy atom. The highest BCUT2D eigenvalue weighted by molar-refractivity contribution is 6.31. The molecular formula is C19H24ClN5O. The van der Waals surface area contributed by atoms with Crippen LogP contribution in [0.2, 0.25) is 5.02 Å². The van der Waals surface area contributed by atoms with Crippen molar-refractivity contribution in [1.29, 1.82) is 0 Å². The van der Waals surface area contributed by atoms with Crippen LogP contribution in [-0.2, 0) is 17.9 Å². The molecule has 0 aromatic carbocycles. The standard InChI is InChI=1S/C19H24ClN5O/c1-15(26)25(12-16-9-22-14-23-10-16)18-3-2-7-24(8-5-18)13-17-4-6-21-11-19(17)20/h4,6,9-11,14,18H,2-3,5,7-8,12-13H2,1H3. The van der Waals surface area contributed by atoms with Crippen LogP contribution in [0, 0.1) is 0 Å². The maximum absolute atomic E-state index is 12.2. The van der Waals surface area contributed by atoms with Gasteiger partial charge in [-0.3, -0.25) is 14.7 Å². The van der Waals surface area contributed by atoms with Gasteiger partial charge in [-0.2, -0.15) is 0 Å². The molecule has 2 aromatic rings. The van der Waals surface area contributed by atoms with Gasteiger partial charge in [0.15, 0.2) is 0 Å². The molecule has 3 heterocycles. The van der Waals surface area contributed by atoms with Crippen molar-refractivity contribution in [2.45, 2.75) is 45.3 Å². The van der Waals surface area contributed by atoms with E-state index in [-0.39, 0.29) is 11.9 Å². The van der Waals surface area contributed by atoms with Crippen molar-refractivity contribution in [2.75, 3.05) is 13.1 Å². The number of amides is 1. The molecule has 1 aliphatic heterocycles. The third-order valence-corrected chi connectivity index (χ3v) is 5.19. The predicted molar refractivity (Wildman–Crippen MR) is 100 cm³/mol. The molecule has 0 saturated carbocycles. The number of hydrogen-bond donors (Lipinski definition) is 0. The fourth-order valence-electron chi connectivity index (χ4n) is 3.49. The summed E-state index contributed by atoms with van der Waals surface area (Å²) in [5.41, 5.74) is 2.07. The van der Waals surface area contributed by atoms with Gasteiger partial charge in [0, 0.05) is 63.0 Å². The predicted octanol–water partition coefficient (Wildman–Crippen LogP) is 2.93. The van der Waals surface area contributed by atoms with Crippen molar-refractivity contribution in [3.63, 3.8) is 0 Å². The summed E-state index contributed by atoms with van der Waals surface area (Å²) in [7, 11) is 0. The molecule has 1 aliphatic rings. The summed E-state index contributed by atoms with van der Waals surface area (Å²) >= 11 is 6.24. The first-order chi connectivity index (χ1) is 12.6. The number of halogens is 1. The normalized spacial score (nSPS) is 18.3.